The van der Waals surface area contributed by atoms with E-state index in [4.69, 9.17) is 5.73 Å². The van der Waals surface area contributed by atoms with Gasteiger partial charge in [-0.1, -0.05) is 51.1 Å². The quantitative estimate of drug-likeness (QED) is 0.766. The highest BCUT2D eigenvalue weighted by Gasteiger charge is 2.22. The number of nitrogens with two attached hydrogens (primary N) is 1. The summed E-state index contributed by atoms with van der Waals surface area (Å²) in [5.74, 6) is 0.0858. The van der Waals surface area contributed by atoms with E-state index in [1.165, 1.54) is 11.1 Å². The number of primary amides is 1. The number of fused-ring (bicyclic) bond motifs is 1. The first-order valence-corrected chi connectivity index (χ1v) is 9.07. The third-order valence-electron chi connectivity index (χ3n) is 4.54. The summed E-state index contributed by atoms with van der Waals surface area (Å²) >= 11 is 0. The van der Waals surface area contributed by atoms with Gasteiger partial charge in [0.2, 0.25) is 11.8 Å². The third kappa shape index (κ3) is 6.37. The van der Waals surface area contributed by atoms with Crippen molar-refractivity contribution in [1.29, 1.82) is 0 Å². The van der Waals surface area contributed by atoms with Crippen LogP contribution in [0.25, 0.3) is 0 Å². The molecule has 1 heterocycles. The molecule has 0 saturated heterocycles. The van der Waals surface area contributed by atoms with Gasteiger partial charge in [0.1, 0.15) is 0 Å². The maximum atomic E-state index is 12.5. The molecule has 0 aliphatic carbocycles. The molecule has 1 atom stereocenters. The number of allylic oxidation sites excluding steroid dienone is 1. The van der Waals surface area contributed by atoms with Crippen LogP contribution in [0.15, 0.2) is 36.4 Å². The zero-order valence-corrected chi connectivity index (χ0v) is 15.6. The van der Waals surface area contributed by atoms with E-state index in [1.807, 2.05) is 23.1 Å². The lowest BCUT2D eigenvalue weighted by atomic mass is 9.82. The van der Waals surface area contributed by atoms with Crippen LogP contribution in [0.2, 0.25) is 0 Å². The normalized spacial score (nSPS) is 15.4. The summed E-state index contributed by atoms with van der Waals surface area (Å²) < 4.78 is 0. The van der Waals surface area contributed by atoms with E-state index in [0.29, 0.717) is 19.5 Å². The fraction of sp³-hybridized carbons (Fsp3) is 0.524. The van der Waals surface area contributed by atoms with Crippen LogP contribution in [-0.4, -0.2) is 16.7 Å². The van der Waals surface area contributed by atoms with Crippen LogP contribution in [0.3, 0.4) is 0 Å². The molecule has 0 saturated carbocycles. The third-order valence-corrected chi connectivity index (χ3v) is 4.54. The summed E-state index contributed by atoms with van der Waals surface area (Å²) in [4.78, 5) is 25.4. The Kier molecular flexibility index (Phi) is 6.40. The first kappa shape index (κ1) is 19.2. The molecule has 1 aromatic rings. The predicted molar refractivity (Wildman–Crippen MR) is 100 cm³/mol. The van der Waals surface area contributed by atoms with Crippen LogP contribution in [0, 0.1) is 11.3 Å². The lowest BCUT2D eigenvalue weighted by molar-refractivity contribution is -0.126. The number of carbonyl (C=O) groups is 2. The fourth-order valence-electron chi connectivity index (χ4n) is 3.40. The van der Waals surface area contributed by atoms with Crippen LogP contribution in [0.1, 0.15) is 57.6 Å². The summed E-state index contributed by atoms with van der Waals surface area (Å²) in [5.41, 5.74) is 7.88. The van der Waals surface area contributed by atoms with Gasteiger partial charge in [0.15, 0.2) is 0 Å². The Morgan fingerprint density at radius 2 is 1.80 bits per heavy atom. The average Bonchev–Trinajstić information content (AvgIpc) is 2.94. The molecule has 2 N–H and O–H groups in total. The van der Waals surface area contributed by atoms with Crippen LogP contribution < -0.4 is 5.73 Å². The molecule has 0 bridgehead atoms. The van der Waals surface area contributed by atoms with Gasteiger partial charge in [-0.15, -0.1) is 0 Å². The summed E-state index contributed by atoms with van der Waals surface area (Å²) in [7, 11) is 0. The number of nitrogens with zero attached hydrogens (tertiary/aromatic N) is 1. The molecule has 0 spiro atoms. The molecule has 0 aromatic heterocycles. The van der Waals surface area contributed by atoms with Gasteiger partial charge in [-0.25, -0.2) is 0 Å². The van der Waals surface area contributed by atoms with E-state index < -0.39 is 0 Å². The highest BCUT2D eigenvalue weighted by Crippen LogP contribution is 2.29. The van der Waals surface area contributed by atoms with Crippen LogP contribution in [0.5, 0.6) is 0 Å². The average molecular weight is 342 g/mol. The molecule has 2 rings (SSSR count). The maximum Gasteiger partial charge on any atom is 0.246 e. The van der Waals surface area contributed by atoms with Crippen molar-refractivity contribution in [2.45, 2.75) is 59.5 Å². The minimum atomic E-state index is -0.260. The Labute approximate surface area is 151 Å². The molecule has 1 aliphatic rings. The summed E-state index contributed by atoms with van der Waals surface area (Å²) in [6.45, 7) is 7.96. The standard InChI is InChI=1S/C21H30N2O2/c1-21(2,3)13-16(7-6-10-19(22)24)11-12-20(25)23-14-17-8-4-5-9-18(17)15-23/h4-5,8-9,11-12,16H,6-7,10,13-15H2,1-3H3,(H2,22,24)/t16-/m1/s1. The minimum Gasteiger partial charge on any atom is -0.370 e. The van der Waals surface area contributed by atoms with Gasteiger partial charge in [-0.05, 0) is 47.8 Å². The molecule has 2 amide bonds. The number of hydrogen-bond donors (Lipinski definition) is 1. The Bertz CT molecular complexity index is 619. The zero-order chi connectivity index (χ0) is 18.4. The van der Waals surface area contributed by atoms with E-state index in [0.717, 1.165) is 19.3 Å². The van der Waals surface area contributed by atoms with Gasteiger partial charge in [0.25, 0.3) is 0 Å². The second-order valence-electron chi connectivity index (χ2n) is 8.21. The maximum absolute atomic E-state index is 12.5. The Morgan fingerprint density at radius 1 is 1.20 bits per heavy atom. The summed E-state index contributed by atoms with van der Waals surface area (Å²) in [6.07, 6.45) is 6.78. The molecule has 1 aliphatic heterocycles. The predicted octanol–water partition coefficient (Wildman–Crippen LogP) is 3.79. The molecule has 0 unspecified atom stereocenters. The molecular formula is C21H30N2O2. The van der Waals surface area contributed by atoms with Crippen molar-refractivity contribution < 1.29 is 9.59 Å². The van der Waals surface area contributed by atoms with Crippen molar-refractivity contribution in [3.63, 3.8) is 0 Å². The van der Waals surface area contributed by atoms with Gasteiger partial charge in [0, 0.05) is 19.5 Å². The number of benzene rings is 1. The van der Waals surface area contributed by atoms with Gasteiger partial charge >= 0.3 is 0 Å². The Morgan fingerprint density at radius 3 is 2.32 bits per heavy atom. The summed E-state index contributed by atoms with van der Waals surface area (Å²) in [5, 5.41) is 0. The SMILES string of the molecule is CC(C)(C)C[C@@H](C=CC(=O)N1Cc2ccccc2C1)CCCC(N)=O. The van der Waals surface area contributed by atoms with Crippen LogP contribution in [0.4, 0.5) is 0 Å². The first-order valence-electron chi connectivity index (χ1n) is 9.07. The van der Waals surface area contributed by atoms with Crippen LogP contribution in [-0.2, 0) is 22.7 Å². The van der Waals surface area contributed by atoms with Crippen molar-refractivity contribution in [3.8, 4) is 0 Å². The second kappa shape index (κ2) is 8.32. The lowest BCUT2D eigenvalue weighted by Crippen LogP contribution is -2.23. The number of amides is 2. The monoisotopic (exact) mass is 342 g/mol. The number of carbonyl (C=O) groups excluding carboxylic acids is 2. The molecule has 25 heavy (non-hydrogen) atoms. The highest BCUT2D eigenvalue weighted by atomic mass is 16.2. The van der Waals surface area contributed by atoms with Gasteiger partial charge < -0.3 is 10.6 Å². The second-order valence-corrected chi connectivity index (χ2v) is 8.21. The largest absolute Gasteiger partial charge is 0.370 e. The molecule has 136 valence electrons. The summed E-state index contributed by atoms with van der Waals surface area (Å²) in [6, 6.07) is 8.19. The van der Waals surface area contributed by atoms with Crippen molar-refractivity contribution in [2.24, 2.45) is 17.1 Å². The van der Waals surface area contributed by atoms with Crippen molar-refractivity contribution in [1.82, 2.24) is 4.90 Å². The molecule has 4 heteroatoms. The lowest BCUT2D eigenvalue weighted by Gasteiger charge is -2.24. The van der Waals surface area contributed by atoms with Crippen molar-refractivity contribution >= 4 is 11.8 Å². The first-order chi connectivity index (χ1) is 11.7. The smallest absolute Gasteiger partial charge is 0.246 e. The van der Waals surface area contributed by atoms with E-state index in [9.17, 15) is 9.59 Å². The molecule has 4 nitrogen and oxygen atoms in total. The van der Waals surface area contributed by atoms with Gasteiger partial charge in [0.05, 0.1) is 0 Å². The van der Waals surface area contributed by atoms with Crippen LogP contribution >= 0.6 is 0 Å². The highest BCUT2D eigenvalue weighted by molar-refractivity contribution is 5.88. The van der Waals surface area contributed by atoms with E-state index in [-0.39, 0.29) is 23.1 Å². The van der Waals surface area contributed by atoms with Crippen molar-refractivity contribution in [2.75, 3.05) is 0 Å². The van der Waals surface area contributed by atoms with E-state index in [1.54, 1.807) is 6.08 Å². The fourth-order valence-corrected chi connectivity index (χ4v) is 3.40. The van der Waals surface area contributed by atoms with E-state index in [2.05, 4.69) is 32.9 Å². The van der Waals surface area contributed by atoms with Gasteiger partial charge in [-0.3, -0.25) is 9.59 Å². The van der Waals surface area contributed by atoms with Crippen molar-refractivity contribution in [3.05, 3.63) is 47.5 Å². The van der Waals surface area contributed by atoms with Gasteiger partial charge in [-0.2, -0.15) is 0 Å². The number of rotatable bonds is 7. The Hall–Kier alpha value is -2.10. The minimum absolute atomic E-state index is 0.0602. The molecule has 0 radical (unpaired) electrons. The number of hydrogen-bond acceptors (Lipinski definition) is 2. The van der Waals surface area contributed by atoms with E-state index >= 15 is 0 Å². The molecule has 0 fully saturated rings. The Balaban J connectivity index is 1.94. The molecular weight excluding hydrogens is 312 g/mol. The topological polar surface area (TPSA) is 63.4 Å². The zero-order valence-electron chi connectivity index (χ0n) is 15.6. The molecule has 1 aromatic carbocycles.